The topological polar surface area (TPSA) is 47.8 Å². The molecule has 2 aromatic rings. The molecule has 0 saturated carbocycles. The lowest BCUT2D eigenvalue weighted by Gasteiger charge is -2.07. The molecule has 15 heavy (non-hydrogen) atoms. The van der Waals surface area contributed by atoms with Crippen LogP contribution < -0.4 is 0 Å². The van der Waals surface area contributed by atoms with E-state index in [-0.39, 0.29) is 6.04 Å². The molecule has 0 atom stereocenters. The van der Waals surface area contributed by atoms with Crippen LogP contribution in [0.15, 0.2) is 12.4 Å². The third-order valence-electron chi connectivity index (χ3n) is 2.20. The standard InChI is InChI=1S/C10H10ClN3O/c1-6(2)14-4-7(5-15)9-10(14)13-8(11)3-12-9/h3-6H,1-2H3. The number of hydrogen-bond acceptors (Lipinski definition) is 3. The number of aldehydes is 1. The van der Waals surface area contributed by atoms with E-state index in [2.05, 4.69) is 9.97 Å². The second-order valence-electron chi connectivity index (χ2n) is 3.57. The van der Waals surface area contributed by atoms with Crippen molar-refractivity contribution in [1.82, 2.24) is 14.5 Å². The minimum absolute atomic E-state index is 0.217. The van der Waals surface area contributed by atoms with Crippen LogP contribution in [0.4, 0.5) is 0 Å². The number of carbonyl (C=O) groups is 1. The molecule has 0 spiro atoms. The number of carbonyl (C=O) groups excluding carboxylic acids is 1. The van der Waals surface area contributed by atoms with Crippen LogP contribution in [-0.4, -0.2) is 20.8 Å². The van der Waals surface area contributed by atoms with Gasteiger partial charge in [-0.2, -0.15) is 0 Å². The van der Waals surface area contributed by atoms with Crippen molar-refractivity contribution < 1.29 is 4.79 Å². The van der Waals surface area contributed by atoms with E-state index in [0.717, 1.165) is 6.29 Å². The Morgan fingerprint density at radius 2 is 2.27 bits per heavy atom. The van der Waals surface area contributed by atoms with Gasteiger partial charge in [0, 0.05) is 12.2 Å². The molecule has 0 amide bonds. The van der Waals surface area contributed by atoms with E-state index in [1.54, 1.807) is 6.20 Å². The van der Waals surface area contributed by atoms with Crippen molar-refractivity contribution in [2.75, 3.05) is 0 Å². The summed E-state index contributed by atoms with van der Waals surface area (Å²) < 4.78 is 1.89. The molecule has 0 bridgehead atoms. The van der Waals surface area contributed by atoms with Gasteiger partial charge in [-0.1, -0.05) is 11.6 Å². The summed E-state index contributed by atoms with van der Waals surface area (Å²) in [5.41, 5.74) is 1.80. The maximum atomic E-state index is 10.8. The normalized spacial score (nSPS) is 11.2. The molecule has 2 aromatic heterocycles. The molecule has 0 unspecified atom stereocenters. The predicted octanol–water partition coefficient (Wildman–Crippen LogP) is 2.48. The third-order valence-corrected chi connectivity index (χ3v) is 2.39. The first-order valence-corrected chi connectivity index (χ1v) is 4.99. The van der Waals surface area contributed by atoms with Crippen molar-refractivity contribution in [3.8, 4) is 0 Å². The number of halogens is 1. The van der Waals surface area contributed by atoms with Crippen LogP contribution in [-0.2, 0) is 0 Å². The molecule has 0 aliphatic carbocycles. The predicted molar refractivity (Wildman–Crippen MR) is 58.3 cm³/mol. The zero-order chi connectivity index (χ0) is 11.0. The highest BCUT2D eigenvalue weighted by Gasteiger charge is 2.12. The highest BCUT2D eigenvalue weighted by Crippen LogP contribution is 2.21. The van der Waals surface area contributed by atoms with Crippen molar-refractivity contribution in [1.29, 1.82) is 0 Å². The second kappa shape index (κ2) is 3.62. The summed E-state index contributed by atoms with van der Waals surface area (Å²) >= 11 is 5.77. The lowest BCUT2D eigenvalue weighted by molar-refractivity contribution is 0.112. The molecule has 78 valence electrons. The maximum absolute atomic E-state index is 10.8. The monoisotopic (exact) mass is 223 g/mol. The SMILES string of the molecule is CC(C)n1cc(C=O)c2ncc(Cl)nc21. The van der Waals surface area contributed by atoms with Gasteiger partial charge in [0.05, 0.1) is 11.8 Å². The molecule has 2 heterocycles. The van der Waals surface area contributed by atoms with E-state index in [9.17, 15) is 4.79 Å². The maximum Gasteiger partial charge on any atom is 0.161 e. The van der Waals surface area contributed by atoms with Crippen LogP contribution in [0.3, 0.4) is 0 Å². The number of aromatic nitrogens is 3. The summed E-state index contributed by atoms with van der Waals surface area (Å²) in [5.74, 6) is 0. The van der Waals surface area contributed by atoms with Crippen LogP contribution >= 0.6 is 11.6 Å². The summed E-state index contributed by atoms with van der Waals surface area (Å²) in [5, 5.41) is 0.333. The first kappa shape index (κ1) is 10.1. The van der Waals surface area contributed by atoms with Crippen LogP contribution in [0.2, 0.25) is 5.15 Å². The van der Waals surface area contributed by atoms with Crippen LogP contribution in [0.1, 0.15) is 30.2 Å². The number of rotatable bonds is 2. The van der Waals surface area contributed by atoms with Gasteiger partial charge in [-0.05, 0) is 13.8 Å². The van der Waals surface area contributed by atoms with E-state index in [0.29, 0.717) is 21.9 Å². The van der Waals surface area contributed by atoms with Crippen LogP contribution in [0.25, 0.3) is 11.2 Å². The van der Waals surface area contributed by atoms with Gasteiger partial charge in [0.2, 0.25) is 0 Å². The van der Waals surface area contributed by atoms with Gasteiger partial charge in [-0.15, -0.1) is 0 Å². The first-order chi connectivity index (χ1) is 7.13. The van der Waals surface area contributed by atoms with E-state index in [1.165, 1.54) is 6.20 Å². The van der Waals surface area contributed by atoms with E-state index in [4.69, 9.17) is 11.6 Å². The molecular formula is C10H10ClN3O. The van der Waals surface area contributed by atoms with Gasteiger partial charge in [0.1, 0.15) is 10.7 Å². The number of nitrogens with zero attached hydrogens (tertiary/aromatic N) is 3. The van der Waals surface area contributed by atoms with Gasteiger partial charge < -0.3 is 4.57 Å². The first-order valence-electron chi connectivity index (χ1n) is 4.61. The molecular weight excluding hydrogens is 214 g/mol. The Morgan fingerprint density at radius 3 is 2.87 bits per heavy atom. The fraction of sp³-hybridized carbons (Fsp3) is 0.300. The Kier molecular flexibility index (Phi) is 2.44. The summed E-state index contributed by atoms with van der Waals surface area (Å²) in [6.07, 6.45) is 3.98. The fourth-order valence-electron chi connectivity index (χ4n) is 1.49. The zero-order valence-corrected chi connectivity index (χ0v) is 9.19. The molecule has 5 heteroatoms. The Labute approximate surface area is 91.9 Å². The Bertz CT molecular complexity index is 519. The summed E-state index contributed by atoms with van der Waals surface area (Å²) in [6, 6.07) is 0.217. The average Bonchev–Trinajstić information content (AvgIpc) is 2.55. The molecule has 0 aliphatic rings. The van der Waals surface area contributed by atoms with Crippen molar-refractivity contribution in [2.24, 2.45) is 0 Å². The smallest absolute Gasteiger partial charge is 0.161 e. The van der Waals surface area contributed by atoms with Gasteiger partial charge in [0.15, 0.2) is 11.9 Å². The van der Waals surface area contributed by atoms with Crippen LogP contribution in [0.5, 0.6) is 0 Å². The van der Waals surface area contributed by atoms with E-state index >= 15 is 0 Å². The largest absolute Gasteiger partial charge is 0.328 e. The summed E-state index contributed by atoms with van der Waals surface area (Å²) in [7, 11) is 0. The molecule has 2 rings (SSSR count). The van der Waals surface area contributed by atoms with Crippen molar-refractivity contribution in [3.05, 3.63) is 23.1 Å². The quantitative estimate of drug-likeness (QED) is 0.735. The molecule has 0 radical (unpaired) electrons. The average molecular weight is 224 g/mol. The Morgan fingerprint density at radius 1 is 1.53 bits per heavy atom. The second-order valence-corrected chi connectivity index (χ2v) is 3.96. The Hall–Kier alpha value is -1.42. The van der Waals surface area contributed by atoms with E-state index < -0.39 is 0 Å². The lowest BCUT2D eigenvalue weighted by Crippen LogP contribution is -1.99. The molecule has 0 aliphatic heterocycles. The number of fused-ring (bicyclic) bond motifs is 1. The van der Waals surface area contributed by atoms with Crippen LogP contribution in [0, 0.1) is 0 Å². The van der Waals surface area contributed by atoms with Gasteiger partial charge in [-0.3, -0.25) is 4.79 Å². The third kappa shape index (κ3) is 1.61. The highest BCUT2D eigenvalue weighted by atomic mass is 35.5. The molecule has 0 aromatic carbocycles. The summed E-state index contributed by atoms with van der Waals surface area (Å²) in [4.78, 5) is 19.1. The van der Waals surface area contributed by atoms with Crippen molar-refractivity contribution in [3.63, 3.8) is 0 Å². The van der Waals surface area contributed by atoms with E-state index in [1.807, 2.05) is 18.4 Å². The molecule has 0 fully saturated rings. The minimum atomic E-state index is 0.217. The molecule has 0 N–H and O–H groups in total. The molecule has 4 nitrogen and oxygen atoms in total. The lowest BCUT2D eigenvalue weighted by atomic mass is 10.3. The summed E-state index contributed by atoms with van der Waals surface area (Å²) in [6.45, 7) is 4.02. The van der Waals surface area contributed by atoms with Gasteiger partial charge >= 0.3 is 0 Å². The zero-order valence-electron chi connectivity index (χ0n) is 8.44. The van der Waals surface area contributed by atoms with Gasteiger partial charge in [0.25, 0.3) is 0 Å². The van der Waals surface area contributed by atoms with Crippen molar-refractivity contribution >= 4 is 29.1 Å². The molecule has 0 saturated heterocycles. The fourth-order valence-corrected chi connectivity index (χ4v) is 1.62. The minimum Gasteiger partial charge on any atom is -0.328 e. The van der Waals surface area contributed by atoms with Gasteiger partial charge in [-0.25, -0.2) is 9.97 Å². The highest BCUT2D eigenvalue weighted by molar-refractivity contribution is 6.29. The number of hydrogen-bond donors (Lipinski definition) is 0. The van der Waals surface area contributed by atoms with Crippen molar-refractivity contribution in [2.45, 2.75) is 19.9 Å². The Balaban J connectivity index is 2.81.